The van der Waals surface area contributed by atoms with E-state index in [9.17, 15) is 24.5 Å². The maximum atomic E-state index is 12.4. The number of carbonyl (C=O) groups excluding carboxylic acids is 3. The Balaban J connectivity index is 1.80. The minimum Gasteiger partial charge on any atom is -0.465 e. The molecule has 3 rings (SSSR count). The molecule has 2 heterocycles. The van der Waals surface area contributed by atoms with Gasteiger partial charge in [0.1, 0.15) is 18.1 Å². The lowest BCUT2D eigenvalue weighted by Crippen LogP contribution is -2.34. The molecule has 9 nitrogen and oxygen atoms in total. The molecule has 1 aliphatic heterocycles. The monoisotopic (exact) mass is 416 g/mol. The molecule has 0 unspecified atom stereocenters. The van der Waals surface area contributed by atoms with Gasteiger partial charge in [0, 0.05) is 23.8 Å². The number of nitro benzene ring substituents is 1. The molecule has 0 spiro atoms. The van der Waals surface area contributed by atoms with Crippen molar-refractivity contribution in [3.63, 3.8) is 0 Å². The highest BCUT2D eigenvalue weighted by atomic mass is 32.2. The first-order valence-electron chi connectivity index (χ1n) is 8.56. The van der Waals surface area contributed by atoms with Crippen molar-refractivity contribution >= 4 is 40.6 Å². The molecule has 0 saturated carbocycles. The van der Waals surface area contributed by atoms with Gasteiger partial charge in [0.15, 0.2) is 0 Å². The zero-order chi connectivity index (χ0) is 21.1. The van der Waals surface area contributed by atoms with Gasteiger partial charge in [0.2, 0.25) is 0 Å². The summed E-state index contributed by atoms with van der Waals surface area (Å²) in [6.07, 6.45) is 1.42. The van der Waals surface area contributed by atoms with Gasteiger partial charge < -0.3 is 9.15 Å². The maximum absolute atomic E-state index is 12.4. The first kappa shape index (κ1) is 20.3. The van der Waals surface area contributed by atoms with Gasteiger partial charge in [-0.3, -0.25) is 29.4 Å². The highest BCUT2D eigenvalue weighted by Crippen LogP contribution is 2.34. The summed E-state index contributed by atoms with van der Waals surface area (Å²) in [7, 11) is 0. The summed E-state index contributed by atoms with van der Waals surface area (Å²) in [6.45, 7) is 3.07. The van der Waals surface area contributed by atoms with Crippen LogP contribution in [0.15, 0.2) is 39.7 Å². The van der Waals surface area contributed by atoms with Gasteiger partial charge in [-0.1, -0.05) is 0 Å². The number of esters is 1. The molecule has 1 aromatic heterocycles. The Labute approximate surface area is 169 Å². The first-order chi connectivity index (χ1) is 13.8. The summed E-state index contributed by atoms with van der Waals surface area (Å²) in [4.78, 5) is 47.3. The first-order valence-corrected chi connectivity index (χ1v) is 9.38. The zero-order valence-electron chi connectivity index (χ0n) is 15.5. The SMILES string of the molecule is CCOC(=O)CN1C(=O)S/C(=C\c2ccc(-c3ccc([N+](=O)[O-])cc3C)o2)C1=O. The molecular formula is C19H16N2O7S. The Morgan fingerprint density at radius 3 is 2.72 bits per heavy atom. The van der Waals surface area contributed by atoms with Crippen LogP contribution in [0, 0.1) is 17.0 Å². The van der Waals surface area contributed by atoms with Crippen LogP contribution in [0.2, 0.25) is 0 Å². The number of nitrogens with zero attached hydrogens (tertiary/aromatic N) is 2. The molecule has 150 valence electrons. The summed E-state index contributed by atoms with van der Waals surface area (Å²) in [6, 6.07) is 7.70. The number of benzene rings is 1. The minimum atomic E-state index is -0.662. The Hall–Kier alpha value is -3.40. The van der Waals surface area contributed by atoms with Crippen LogP contribution >= 0.6 is 11.8 Å². The van der Waals surface area contributed by atoms with Crippen LogP contribution in [-0.4, -0.2) is 40.1 Å². The lowest BCUT2D eigenvalue weighted by atomic mass is 10.1. The number of nitro groups is 1. The quantitative estimate of drug-likeness (QED) is 0.302. The molecule has 0 radical (unpaired) electrons. The largest absolute Gasteiger partial charge is 0.465 e. The van der Waals surface area contributed by atoms with Crippen LogP contribution < -0.4 is 0 Å². The van der Waals surface area contributed by atoms with Gasteiger partial charge in [-0.2, -0.15) is 0 Å². The van der Waals surface area contributed by atoms with E-state index in [4.69, 9.17) is 9.15 Å². The van der Waals surface area contributed by atoms with Crippen LogP contribution in [0.3, 0.4) is 0 Å². The van der Waals surface area contributed by atoms with Crippen LogP contribution in [0.1, 0.15) is 18.2 Å². The van der Waals surface area contributed by atoms with Crippen molar-refractivity contribution in [1.29, 1.82) is 0 Å². The molecule has 2 aromatic rings. The van der Waals surface area contributed by atoms with E-state index in [1.54, 1.807) is 32.0 Å². The third kappa shape index (κ3) is 4.37. The molecule has 0 atom stereocenters. The van der Waals surface area contributed by atoms with Gasteiger partial charge in [0.25, 0.3) is 16.8 Å². The molecule has 1 aliphatic rings. The number of aryl methyl sites for hydroxylation is 1. The zero-order valence-corrected chi connectivity index (χ0v) is 16.4. The predicted molar refractivity (Wildman–Crippen MR) is 105 cm³/mol. The highest BCUT2D eigenvalue weighted by Gasteiger charge is 2.36. The van der Waals surface area contributed by atoms with Gasteiger partial charge in [-0.15, -0.1) is 0 Å². The number of non-ortho nitro benzene ring substituents is 1. The number of ether oxygens (including phenoxy) is 1. The van der Waals surface area contributed by atoms with E-state index >= 15 is 0 Å². The number of imide groups is 1. The van der Waals surface area contributed by atoms with Crippen LogP contribution in [0.25, 0.3) is 17.4 Å². The second kappa shape index (κ2) is 8.31. The van der Waals surface area contributed by atoms with Crippen molar-refractivity contribution in [2.75, 3.05) is 13.2 Å². The van der Waals surface area contributed by atoms with Gasteiger partial charge in [0.05, 0.1) is 16.4 Å². The van der Waals surface area contributed by atoms with E-state index in [0.717, 1.165) is 4.90 Å². The molecule has 0 N–H and O–H groups in total. The number of carbonyl (C=O) groups is 3. The van der Waals surface area contributed by atoms with Gasteiger partial charge in [-0.25, -0.2) is 0 Å². The van der Waals surface area contributed by atoms with Crippen molar-refractivity contribution < 1.29 is 28.5 Å². The molecule has 2 amide bonds. The van der Waals surface area contributed by atoms with Crippen molar-refractivity contribution in [2.24, 2.45) is 0 Å². The molecule has 1 saturated heterocycles. The highest BCUT2D eigenvalue weighted by molar-refractivity contribution is 8.18. The summed E-state index contributed by atoms with van der Waals surface area (Å²) >= 11 is 0.706. The predicted octanol–water partition coefficient (Wildman–Crippen LogP) is 3.76. The second-order valence-corrected chi connectivity index (χ2v) is 7.02. The van der Waals surface area contributed by atoms with Crippen LogP contribution in [0.4, 0.5) is 10.5 Å². The van der Waals surface area contributed by atoms with Crippen LogP contribution in [-0.2, 0) is 14.3 Å². The lowest BCUT2D eigenvalue weighted by Gasteiger charge is -2.10. The number of hydrogen-bond acceptors (Lipinski definition) is 8. The minimum absolute atomic E-state index is 0.0201. The Bertz CT molecular complexity index is 1040. The number of amides is 2. The Morgan fingerprint density at radius 1 is 1.31 bits per heavy atom. The van der Waals surface area contributed by atoms with Crippen molar-refractivity contribution in [2.45, 2.75) is 13.8 Å². The average Bonchev–Trinajstić information content (AvgIpc) is 3.22. The summed E-state index contributed by atoms with van der Waals surface area (Å²) in [5, 5.41) is 10.3. The smallest absolute Gasteiger partial charge is 0.326 e. The number of furan rings is 1. The number of hydrogen-bond donors (Lipinski definition) is 0. The van der Waals surface area contributed by atoms with E-state index < -0.39 is 28.6 Å². The van der Waals surface area contributed by atoms with E-state index in [0.29, 0.717) is 34.4 Å². The third-order valence-corrected chi connectivity index (χ3v) is 4.96. The molecule has 0 bridgehead atoms. The topological polar surface area (TPSA) is 120 Å². The fourth-order valence-electron chi connectivity index (χ4n) is 2.71. The van der Waals surface area contributed by atoms with E-state index in [-0.39, 0.29) is 17.2 Å². The molecule has 10 heteroatoms. The molecule has 1 fully saturated rings. The molecule has 1 aromatic carbocycles. The molecule has 0 aliphatic carbocycles. The van der Waals surface area contributed by atoms with E-state index in [2.05, 4.69) is 0 Å². The van der Waals surface area contributed by atoms with Crippen LogP contribution in [0.5, 0.6) is 0 Å². The Morgan fingerprint density at radius 2 is 2.07 bits per heavy atom. The van der Waals surface area contributed by atoms with E-state index in [1.807, 2.05) is 0 Å². The number of rotatable bonds is 6. The summed E-state index contributed by atoms with van der Waals surface area (Å²) in [5.74, 6) is -0.462. The summed E-state index contributed by atoms with van der Waals surface area (Å²) in [5.41, 5.74) is 1.31. The molecular weight excluding hydrogens is 400 g/mol. The fraction of sp³-hybridized carbons (Fsp3) is 0.211. The maximum Gasteiger partial charge on any atom is 0.326 e. The number of thioether (sulfide) groups is 1. The van der Waals surface area contributed by atoms with Crippen molar-refractivity contribution in [3.05, 3.63) is 56.7 Å². The van der Waals surface area contributed by atoms with Gasteiger partial charge >= 0.3 is 5.97 Å². The normalized spacial score (nSPS) is 15.2. The van der Waals surface area contributed by atoms with Crippen molar-refractivity contribution in [3.8, 4) is 11.3 Å². The second-order valence-electron chi connectivity index (χ2n) is 6.03. The van der Waals surface area contributed by atoms with Crippen molar-refractivity contribution in [1.82, 2.24) is 4.90 Å². The molecule has 29 heavy (non-hydrogen) atoms. The Kier molecular flexibility index (Phi) is 5.83. The fourth-order valence-corrected chi connectivity index (χ4v) is 3.53. The average molecular weight is 416 g/mol. The third-order valence-electron chi connectivity index (χ3n) is 4.05. The van der Waals surface area contributed by atoms with Gasteiger partial charge in [-0.05, 0) is 49.4 Å². The lowest BCUT2D eigenvalue weighted by molar-refractivity contribution is -0.384. The summed E-state index contributed by atoms with van der Waals surface area (Å²) < 4.78 is 10.5. The van der Waals surface area contributed by atoms with E-state index in [1.165, 1.54) is 18.2 Å². The standard InChI is InChI=1S/C19H16N2O7S/c1-3-27-17(22)10-20-18(23)16(29-19(20)24)9-13-5-7-15(28-13)14-6-4-12(21(25)26)8-11(14)2/h4-9H,3,10H2,1-2H3/b16-9-.